The van der Waals surface area contributed by atoms with E-state index in [0.717, 1.165) is 30.0 Å². The molecule has 3 rings (SSSR count). The van der Waals surface area contributed by atoms with Crippen LogP contribution in [0.5, 0.6) is 0 Å². The molecule has 2 amide bonds. The molecule has 0 saturated heterocycles. The first-order chi connectivity index (χ1) is 12.9. The van der Waals surface area contributed by atoms with Crippen LogP contribution in [-0.2, 0) is 24.2 Å². The van der Waals surface area contributed by atoms with Crippen LogP contribution in [-0.4, -0.2) is 41.0 Å². The third-order valence-electron chi connectivity index (χ3n) is 5.33. The standard InChI is InChI=1S/C21H30N4O2/c1-14(2)18-8-6-7-17-13-24(10-9-19(17)18)21(26)22-20-15(3)23-25(16(20)4)11-12-27-5/h6-8,14H,9-13H2,1-5H3,(H,22,26). The lowest BCUT2D eigenvalue weighted by Gasteiger charge is -2.31. The Balaban J connectivity index is 1.73. The Bertz CT molecular complexity index is 826. The van der Waals surface area contributed by atoms with Crippen LogP contribution in [0.2, 0.25) is 0 Å². The van der Waals surface area contributed by atoms with Gasteiger partial charge in [0.15, 0.2) is 0 Å². The van der Waals surface area contributed by atoms with Gasteiger partial charge in [0.25, 0.3) is 0 Å². The Morgan fingerprint density at radius 2 is 2.11 bits per heavy atom. The summed E-state index contributed by atoms with van der Waals surface area (Å²) in [5.74, 6) is 0.503. The molecule has 2 heterocycles. The molecule has 0 atom stereocenters. The van der Waals surface area contributed by atoms with Gasteiger partial charge in [-0.05, 0) is 42.9 Å². The van der Waals surface area contributed by atoms with Crippen molar-refractivity contribution < 1.29 is 9.53 Å². The van der Waals surface area contributed by atoms with E-state index in [1.807, 2.05) is 23.4 Å². The number of benzene rings is 1. The van der Waals surface area contributed by atoms with Crippen molar-refractivity contribution in [1.29, 1.82) is 0 Å². The van der Waals surface area contributed by atoms with Crippen molar-refractivity contribution in [3.8, 4) is 0 Å². The molecule has 0 saturated carbocycles. The van der Waals surface area contributed by atoms with Crippen molar-refractivity contribution in [3.05, 3.63) is 46.3 Å². The number of carbonyl (C=O) groups excluding carboxylic acids is 1. The van der Waals surface area contributed by atoms with Crippen LogP contribution in [0.1, 0.15) is 47.8 Å². The van der Waals surface area contributed by atoms with E-state index in [9.17, 15) is 4.79 Å². The molecule has 0 unspecified atom stereocenters. The minimum absolute atomic E-state index is 0.0620. The summed E-state index contributed by atoms with van der Waals surface area (Å²) in [5, 5.41) is 7.59. The van der Waals surface area contributed by atoms with Crippen LogP contribution in [0.4, 0.5) is 10.5 Å². The average Bonchev–Trinajstić information content (AvgIpc) is 2.92. The lowest BCUT2D eigenvalue weighted by molar-refractivity contribution is 0.182. The largest absolute Gasteiger partial charge is 0.383 e. The molecule has 0 spiro atoms. The highest BCUT2D eigenvalue weighted by atomic mass is 16.5. The van der Waals surface area contributed by atoms with Gasteiger partial charge in [0.05, 0.1) is 30.2 Å². The van der Waals surface area contributed by atoms with Crippen LogP contribution in [0.25, 0.3) is 0 Å². The summed E-state index contributed by atoms with van der Waals surface area (Å²) in [6, 6.07) is 6.39. The van der Waals surface area contributed by atoms with E-state index in [0.29, 0.717) is 25.6 Å². The third kappa shape index (κ3) is 4.00. The van der Waals surface area contributed by atoms with Crippen molar-refractivity contribution in [1.82, 2.24) is 14.7 Å². The minimum Gasteiger partial charge on any atom is -0.383 e. The van der Waals surface area contributed by atoms with Gasteiger partial charge >= 0.3 is 6.03 Å². The number of anilines is 1. The molecule has 1 aliphatic rings. The molecule has 2 aromatic rings. The van der Waals surface area contributed by atoms with Gasteiger partial charge in [0.2, 0.25) is 0 Å². The lowest BCUT2D eigenvalue weighted by atomic mass is 9.89. The van der Waals surface area contributed by atoms with Crippen LogP contribution >= 0.6 is 0 Å². The zero-order chi connectivity index (χ0) is 19.6. The van der Waals surface area contributed by atoms with Gasteiger partial charge in [-0.25, -0.2) is 4.79 Å². The number of fused-ring (bicyclic) bond motifs is 1. The number of hydrogen-bond donors (Lipinski definition) is 1. The molecule has 6 heteroatoms. The number of nitrogens with one attached hydrogen (secondary N) is 1. The molecular weight excluding hydrogens is 340 g/mol. The van der Waals surface area contributed by atoms with Crippen LogP contribution in [0.3, 0.4) is 0 Å². The van der Waals surface area contributed by atoms with Crippen molar-refractivity contribution in [3.63, 3.8) is 0 Å². The van der Waals surface area contributed by atoms with E-state index < -0.39 is 0 Å². The van der Waals surface area contributed by atoms with Gasteiger partial charge in [-0.3, -0.25) is 4.68 Å². The molecule has 1 aromatic carbocycles. The predicted octanol–water partition coefficient (Wildman–Crippen LogP) is 3.86. The zero-order valence-electron chi connectivity index (χ0n) is 17.0. The fourth-order valence-electron chi connectivity index (χ4n) is 3.81. The summed E-state index contributed by atoms with van der Waals surface area (Å²) in [6.07, 6.45) is 0.905. The summed E-state index contributed by atoms with van der Waals surface area (Å²) in [7, 11) is 1.67. The number of aryl methyl sites for hydroxylation is 1. The number of carbonyl (C=O) groups is 1. The fraction of sp³-hybridized carbons (Fsp3) is 0.524. The smallest absolute Gasteiger partial charge is 0.322 e. The van der Waals surface area contributed by atoms with Gasteiger partial charge in [0.1, 0.15) is 0 Å². The highest BCUT2D eigenvalue weighted by Crippen LogP contribution is 2.28. The molecule has 1 aliphatic heterocycles. The predicted molar refractivity (Wildman–Crippen MR) is 107 cm³/mol. The molecule has 0 aliphatic carbocycles. The van der Waals surface area contributed by atoms with Crippen LogP contribution in [0, 0.1) is 13.8 Å². The van der Waals surface area contributed by atoms with Gasteiger partial charge in [-0.2, -0.15) is 5.10 Å². The summed E-state index contributed by atoms with van der Waals surface area (Å²) in [6.45, 7) is 11.0. The van der Waals surface area contributed by atoms with Crippen molar-refractivity contribution in [2.24, 2.45) is 0 Å². The van der Waals surface area contributed by atoms with E-state index in [4.69, 9.17) is 4.74 Å². The Morgan fingerprint density at radius 1 is 1.33 bits per heavy atom. The van der Waals surface area contributed by atoms with E-state index in [1.54, 1.807) is 7.11 Å². The van der Waals surface area contributed by atoms with Gasteiger partial charge in [-0.1, -0.05) is 32.0 Å². The second-order valence-electron chi connectivity index (χ2n) is 7.50. The SMILES string of the molecule is COCCn1nc(C)c(NC(=O)N2CCc3c(cccc3C(C)C)C2)c1C. The second-order valence-corrected chi connectivity index (χ2v) is 7.50. The first-order valence-corrected chi connectivity index (χ1v) is 9.62. The van der Waals surface area contributed by atoms with E-state index in [-0.39, 0.29) is 6.03 Å². The molecule has 1 aromatic heterocycles. The molecular formula is C21H30N4O2. The zero-order valence-corrected chi connectivity index (χ0v) is 17.0. The fourth-order valence-corrected chi connectivity index (χ4v) is 3.81. The number of methoxy groups -OCH3 is 1. The number of hydrogen-bond acceptors (Lipinski definition) is 3. The molecule has 27 heavy (non-hydrogen) atoms. The van der Waals surface area contributed by atoms with Crippen molar-refractivity contribution in [2.45, 2.75) is 53.1 Å². The van der Waals surface area contributed by atoms with Gasteiger partial charge in [0, 0.05) is 20.2 Å². The minimum atomic E-state index is -0.0620. The highest BCUT2D eigenvalue weighted by Gasteiger charge is 2.24. The van der Waals surface area contributed by atoms with Gasteiger partial charge < -0.3 is 15.0 Å². The molecule has 1 N–H and O–H groups in total. The molecule has 0 bridgehead atoms. The maximum absolute atomic E-state index is 12.9. The lowest BCUT2D eigenvalue weighted by Crippen LogP contribution is -2.39. The van der Waals surface area contributed by atoms with E-state index >= 15 is 0 Å². The number of aromatic nitrogens is 2. The molecule has 6 nitrogen and oxygen atoms in total. The number of amides is 2. The summed E-state index contributed by atoms with van der Waals surface area (Å²) < 4.78 is 7.01. The summed E-state index contributed by atoms with van der Waals surface area (Å²) >= 11 is 0. The number of nitrogens with zero attached hydrogens (tertiary/aromatic N) is 3. The first kappa shape index (κ1) is 19.4. The Hall–Kier alpha value is -2.34. The van der Waals surface area contributed by atoms with Gasteiger partial charge in [-0.15, -0.1) is 0 Å². The molecule has 146 valence electrons. The Labute approximate surface area is 161 Å². The number of urea groups is 1. The monoisotopic (exact) mass is 370 g/mol. The van der Waals surface area contributed by atoms with Crippen LogP contribution < -0.4 is 5.32 Å². The second kappa shape index (κ2) is 8.13. The Morgan fingerprint density at radius 3 is 2.81 bits per heavy atom. The number of rotatable bonds is 5. The molecule has 0 radical (unpaired) electrons. The van der Waals surface area contributed by atoms with Crippen LogP contribution in [0.15, 0.2) is 18.2 Å². The van der Waals surface area contributed by atoms with Crippen molar-refractivity contribution in [2.75, 3.05) is 25.6 Å². The topological polar surface area (TPSA) is 59.4 Å². The third-order valence-corrected chi connectivity index (χ3v) is 5.33. The molecule has 0 fully saturated rings. The first-order valence-electron chi connectivity index (χ1n) is 9.62. The number of ether oxygens (including phenoxy) is 1. The summed E-state index contributed by atoms with van der Waals surface area (Å²) in [4.78, 5) is 14.8. The Kier molecular flexibility index (Phi) is 5.85. The summed E-state index contributed by atoms with van der Waals surface area (Å²) in [5.41, 5.74) is 6.66. The maximum atomic E-state index is 12.9. The highest BCUT2D eigenvalue weighted by molar-refractivity contribution is 5.90. The average molecular weight is 370 g/mol. The quantitative estimate of drug-likeness (QED) is 0.869. The van der Waals surface area contributed by atoms with E-state index in [1.165, 1.54) is 16.7 Å². The normalized spacial score (nSPS) is 13.8. The van der Waals surface area contributed by atoms with Crippen molar-refractivity contribution >= 4 is 11.7 Å². The maximum Gasteiger partial charge on any atom is 0.322 e. The van der Waals surface area contributed by atoms with E-state index in [2.05, 4.69) is 42.5 Å².